The number of nitrogens with two attached hydrogens (primary N) is 1. The number of hydrogen-bond donors (Lipinski definition) is 2. The van der Waals surface area contributed by atoms with Gasteiger partial charge < -0.3 is 11.1 Å². The van der Waals surface area contributed by atoms with E-state index in [0.29, 0.717) is 17.9 Å². The van der Waals surface area contributed by atoms with Gasteiger partial charge in [0.05, 0.1) is 12.5 Å². The van der Waals surface area contributed by atoms with Crippen molar-refractivity contribution < 1.29 is 4.79 Å². The van der Waals surface area contributed by atoms with Gasteiger partial charge >= 0.3 is 0 Å². The minimum absolute atomic E-state index is 0.0453. The molecule has 2 rings (SSSR count). The number of nitrogens with zero attached hydrogens (tertiary/aromatic N) is 1. The SMILES string of the molecule is NC(CC(=O)NC1CCCCC1)=NC1CCCCC1. The Kier molecular flexibility index (Phi) is 5.67. The van der Waals surface area contributed by atoms with Gasteiger partial charge in [0.15, 0.2) is 0 Å². The second-order valence-corrected chi connectivity index (χ2v) is 5.99. The first-order valence-corrected chi connectivity index (χ1v) is 7.85. The fourth-order valence-electron chi connectivity index (χ4n) is 3.18. The van der Waals surface area contributed by atoms with Crippen LogP contribution in [-0.2, 0) is 4.79 Å². The molecule has 4 nitrogen and oxygen atoms in total. The molecule has 4 heteroatoms. The van der Waals surface area contributed by atoms with Crippen molar-refractivity contribution >= 4 is 11.7 Å². The molecule has 0 aromatic rings. The van der Waals surface area contributed by atoms with Crippen molar-refractivity contribution in [2.45, 2.75) is 82.7 Å². The largest absolute Gasteiger partial charge is 0.387 e. The van der Waals surface area contributed by atoms with Crippen LogP contribution in [0.5, 0.6) is 0 Å². The third-order valence-electron chi connectivity index (χ3n) is 4.24. The van der Waals surface area contributed by atoms with E-state index in [1.54, 1.807) is 0 Å². The summed E-state index contributed by atoms with van der Waals surface area (Å²) in [5.74, 6) is 0.559. The fraction of sp³-hybridized carbons (Fsp3) is 0.867. The molecule has 0 unspecified atom stereocenters. The molecule has 0 atom stereocenters. The van der Waals surface area contributed by atoms with Crippen molar-refractivity contribution in [3.05, 3.63) is 0 Å². The molecular formula is C15H27N3O. The van der Waals surface area contributed by atoms with Gasteiger partial charge in [-0.25, -0.2) is 0 Å². The number of carbonyl (C=O) groups is 1. The lowest BCUT2D eigenvalue weighted by molar-refractivity contribution is -0.120. The quantitative estimate of drug-likeness (QED) is 0.606. The van der Waals surface area contributed by atoms with Crippen LogP contribution in [0.25, 0.3) is 0 Å². The number of carbonyl (C=O) groups excluding carboxylic acids is 1. The molecule has 19 heavy (non-hydrogen) atoms. The van der Waals surface area contributed by atoms with Gasteiger partial charge in [-0.3, -0.25) is 9.79 Å². The zero-order valence-corrected chi connectivity index (χ0v) is 11.9. The summed E-state index contributed by atoms with van der Waals surface area (Å²) in [7, 11) is 0. The molecule has 1 amide bonds. The molecule has 2 saturated carbocycles. The number of nitrogens with one attached hydrogen (secondary N) is 1. The molecule has 108 valence electrons. The van der Waals surface area contributed by atoms with E-state index in [0.717, 1.165) is 25.7 Å². The highest BCUT2D eigenvalue weighted by molar-refractivity contribution is 5.99. The smallest absolute Gasteiger partial charge is 0.227 e. The van der Waals surface area contributed by atoms with E-state index in [9.17, 15) is 4.79 Å². The van der Waals surface area contributed by atoms with Crippen molar-refractivity contribution in [2.24, 2.45) is 10.7 Å². The first kappa shape index (κ1) is 14.4. The van der Waals surface area contributed by atoms with Gasteiger partial charge in [-0.1, -0.05) is 38.5 Å². The number of rotatable bonds is 4. The normalized spacial score (nSPS) is 23.3. The van der Waals surface area contributed by atoms with Crippen molar-refractivity contribution in [3.8, 4) is 0 Å². The van der Waals surface area contributed by atoms with E-state index in [1.165, 1.54) is 38.5 Å². The highest BCUT2D eigenvalue weighted by Crippen LogP contribution is 2.20. The van der Waals surface area contributed by atoms with Crippen LogP contribution in [0.1, 0.15) is 70.6 Å². The Hall–Kier alpha value is -1.06. The lowest BCUT2D eigenvalue weighted by atomic mass is 9.95. The van der Waals surface area contributed by atoms with Gasteiger partial charge in [-0.2, -0.15) is 0 Å². The van der Waals surface area contributed by atoms with E-state index in [1.807, 2.05) is 0 Å². The fourth-order valence-corrected chi connectivity index (χ4v) is 3.18. The molecule has 0 heterocycles. The summed E-state index contributed by atoms with van der Waals surface area (Å²) in [6, 6.07) is 0.722. The van der Waals surface area contributed by atoms with Crippen LogP contribution in [0.15, 0.2) is 4.99 Å². The van der Waals surface area contributed by atoms with Crippen LogP contribution in [0.2, 0.25) is 0 Å². The summed E-state index contributed by atoms with van der Waals surface area (Å²) in [4.78, 5) is 16.4. The third-order valence-corrected chi connectivity index (χ3v) is 4.24. The molecular weight excluding hydrogens is 238 g/mol. The summed E-state index contributed by atoms with van der Waals surface area (Å²) >= 11 is 0. The Bertz CT molecular complexity index is 315. The van der Waals surface area contributed by atoms with Crippen molar-refractivity contribution in [2.75, 3.05) is 0 Å². The van der Waals surface area contributed by atoms with E-state index < -0.39 is 0 Å². The van der Waals surface area contributed by atoms with Gasteiger partial charge in [0.25, 0.3) is 0 Å². The standard InChI is InChI=1S/C15H27N3O/c16-14(17-12-7-3-1-4-8-12)11-15(19)18-13-9-5-2-6-10-13/h12-13H,1-11H2,(H2,16,17)(H,18,19). The molecule has 0 spiro atoms. The van der Waals surface area contributed by atoms with Gasteiger partial charge in [0.1, 0.15) is 5.84 Å². The second kappa shape index (κ2) is 7.51. The molecule has 0 saturated heterocycles. The zero-order chi connectivity index (χ0) is 13.5. The molecule has 0 radical (unpaired) electrons. The van der Waals surface area contributed by atoms with Gasteiger partial charge in [0.2, 0.25) is 5.91 Å². The highest BCUT2D eigenvalue weighted by atomic mass is 16.1. The van der Waals surface area contributed by atoms with E-state index >= 15 is 0 Å². The average Bonchev–Trinajstić information content (AvgIpc) is 2.40. The topological polar surface area (TPSA) is 67.5 Å². The summed E-state index contributed by atoms with van der Waals surface area (Å²) in [5.41, 5.74) is 5.90. The minimum Gasteiger partial charge on any atom is -0.387 e. The molecule has 0 aliphatic heterocycles. The van der Waals surface area contributed by atoms with Gasteiger partial charge in [-0.05, 0) is 25.7 Å². The number of amides is 1. The van der Waals surface area contributed by atoms with Crippen molar-refractivity contribution in [1.82, 2.24) is 5.32 Å². The first-order valence-electron chi connectivity index (χ1n) is 7.85. The second-order valence-electron chi connectivity index (χ2n) is 5.99. The third kappa shape index (κ3) is 5.21. The number of amidine groups is 1. The Labute approximate surface area is 116 Å². The maximum Gasteiger partial charge on any atom is 0.227 e. The Balaban J connectivity index is 1.72. The summed E-state index contributed by atoms with van der Waals surface area (Å²) in [6.07, 6.45) is 12.3. The minimum atomic E-state index is 0.0453. The summed E-state index contributed by atoms with van der Waals surface area (Å²) in [6.45, 7) is 0. The van der Waals surface area contributed by atoms with Crippen LogP contribution >= 0.6 is 0 Å². The Morgan fingerprint density at radius 2 is 1.58 bits per heavy atom. The lowest BCUT2D eigenvalue weighted by Gasteiger charge is -2.23. The van der Waals surface area contributed by atoms with Crippen LogP contribution < -0.4 is 11.1 Å². The van der Waals surface area contributed by atoms with Crippen LogP contribution in [0, 0.1) is 0 Å². The predicted octanol–water partition coefficient (Wildman–Crippen LogP) is 2.52. The highest BCUT2D eigenvalue weighted by Gasteiger charge is 2.17. The molecule has 0 aromatic carbocycles. The van der Waals surface area contributed by atoms with E-state index in [2.05, 4.69) is 10.3 Å². The lowest BCUT2D eigenvalue weighted by Crippen LogP contribution is -2.38. The molecule has 0 aromatic heterocycles. The monoisotopic (exact) mass is 265 g/mol. The van der Waals surface area contributed by atoms with E-state index in [4.69, 9.17) is 5.73 Å². The predicted molar refractivity (Wildman–Crippen MR) is 78.1 cm³/mol. The Morgan fingerprint density at radius 1 is 1.00 bits per heavy atom. The van der Waals surface area contributed by atoms with Crippen molar-refractivity contribution in [3.63, 3.8) is 0 Å². The summed E-state index contributed by atoms with van der Waals surface area (Å²) in [5, 5.41) is 3.09. The zero-order valence-electron chi connectivity index (χ0n) is 11.9. The van der Waals surface area contributed by atoms with E-state index in [-0.39, 0.29) is 12.3 Å². The maximum absolute atomic E-state index is 11.9. The van der Waals surface area contributed by atoms with Gasteiger partial charge in [0, 0.05) is 6.04 Å². The molecule has 0 bridgehead atoms. The number of aliphatic imine (C=N–C) groups is 1. The molecule has 2 aliphatic rings. The molecule has 2 fully saturated rings. The van der Waals surface area contributed by atoms with Crippen LogP contribution in [-0.4, -0.2) is 23.8 Å². The van der Waals surface area contributed by atoms with Crippen molar-refractivity contribution in [1.29, 1.82) is 0 Å². The van der Waals surface area contributed by atoms with Crippen LogP contribution in [0.3, 0.4) is 0 Å². The molecule has 2 aliphatic carbocycles. The van der Waals surface area contributed by atoms with Crippen LogP contribution in [0.4, 0.5) is 0 Å². The first-order chi connectivity index (χ1) is 9.24. The van der Waals surface area contributed by atoms with Gasteiger partial charge in [-0.15, -0.1) is 0 Å². The molecule has 3 N–H and O–H groups in total. The number of hydrogen-bond acceptors (Lipinski definition) is 2. The maximum atomic E-state index is 11.9. The average molecular weight is 265 g/mol. The summed E-state index contributed by atoms with van der Waals surface area (Å²) < 4.78 is 0. The Morgan fingerprint density at radius 3 is 2.21 bits per heavy atom.